The van der Waals surface area contributed by atoms with Crippen molar-refractivity contribution in [3.63, 3.8) is 0 Å². The summed E-state index contributed by atoms with van der Waals surface area (Å²) in [6, 6.07) is 7.45. The average Bonchev–Trinajstić information content (AvgIpc) is 2.93. The van der Waals surface area contributed by atoms with Crippen molar-refractivity contribution in [3.05, 3.63) is 33.8 Å². The van der Waals surface area contributed by atoms with Crippen LogP contribution < -0.4 is 5.32 Å². The van der Waals surface area contributed by atoms with Gasteiger partial charge in [0.15, 0.2) is 0 Å². The number of nitrogens with zero attached hydrogens (tertiary/aromatic N) is 1. The van der Waals surface area contributed by atoms with Crippen LogP contribution >= 0.6 is 15.9 Å². The van der Waals surface area contributed by atoms with E-state index in [1.807, 2.05) is 0 Å². The van der Waals surface area contributed by atoms with Gasteiger partial charge in [0.25, 0.3) is 0 Å². The van der Waals surface area contributed by atoms with Gasteiger partial charge in [-0.1, -0.05) is 41.4 Å². The van der Waals surface area contributed by atoms with Crippen LogP contribution in [0.15, 0.2) is 22.7 Å². The maximum Gasteiger partial charge on any atom is 0.0234 e. The van der Waals surface area contributed by atoms with Gasteiger partial charge in [-0.15, -0.1) is 0 Å². The second-order valence-corrected chi connectivity index (χ2v) is 6.82. The molecule has 1 heterocycles. The molecule has 0 spiro atoms. The molecule has 0 amide bonds. The molecule has 20 heavy (non-hydrogen) atoms. The van der Waals surface area contributed by atoms with Crippen molar-refractivity contribution >= 4 is 15.9 Å². The molecular weight excluding hydrogens is 312 g/mol. The highest BCUT2D eigenvalue weighted by molar-refractivity contribution is 9.10. The smallest absolute Gasteiger partial charge is 0.0234 e. The van der Waals surface area contributed by atoms with Gasteiger partial charge in [-0.05, 0) is 56.5 Å². The minimum atomic E-state index is 0.695. The number of rotatable bonds is 7. The van der Waals surface area contributed by atoms with Gasteiger partial charge in [0.1, 0.15) is 0 Å². The van der Waals surface area contributed by atoms with Crippen molar-refractivity contribution in [2.24, 2.45) is 0 Å². The second-order valence-electron chi connectivity index (χ2n) is 5.97. The summed E-state index contributed by atoms with van der Waals surface area (Å²) in [5, 5.41) is 3.62. The van der Waals surface area contributed by atoms with E-state index in [0.29, 0.717) is 6.04 Å². The third-order valence-electron chi connectivity index (χ3n) is 4.11. The van der Waals surface area contributed by atoms with E-state index in [-0.39, 0.29) is 0 Å². The molecule has 1 saturated heterocycles. The molecule has 0 aliphatic carbocycles. The Morgan fingerprint density at radius 2 is 2.25 bits per heavy atom. The van der Waals surface area contributed by atoms with E-state index in [1.54, 1.807) is 0 Å². The Hall–Kier alpha value is -0.380. The fourth-order valence-corrected chi connectivity index (χ4v) is 3.26. The van der Waals surface area contributed by atoms with Crippen molar-refractivity contribution in [3.8, 4) is 0 Å². The van der Waals surface area contributed by atoms with Gasteiger partial charge >= 0.3 is 0 Å². The zero-order valence-electron chi connectivity index (χ0n) is 12.8. The molecule has 1 N–H and O–H groups in total. The summed E-state index contributed by atoms with van der Waals surface area (Å²) < 4.78 is 1.23. The van der Waals surface area contributed by atoms with Crippen LogP contribution in [0.25, 0.3) is 0 Å². The van der Waals surface area contributed by atoms with Crippen LogP contribution in [-0.2, 0) is 6.54 Å². The molecule has 0 bridgehead atoms. The first-order chi connectivity index (χ1) is 9.69. The maximum atomic E-state index is 3.65. The molecule has 1 aliphatic rings. The normalized spacial score (nSPS) is 18.9. The van der Waals surface area contributed by atoms with E-state index >= 15 is 0 Å². The number of benzene rings is 1. The van der Waals surface area contributed by atoms with Crippen molar-refractivity contribution in [2.75, 3.05) is 19.6 Å². The molecule has 2 nitrogen and oxygen atoms in total. The van der Waals surface area contributed by atoms with Crippen LogP contribution in [-0.4, -0.2) is 30.6 Å². The van der Waals surface area contributed by atoms with Gasteiger partial charge in [0.05, 0.1) is 0 Å². The zero-order valence-corrected chi connectivity index (χ0v) is 14.4. The topological polar surface area (TPSA) is 15.3 Å². The standard InChI is InChI=1S/C17H27BrN2/c1-3-4-10-20(13-16-6-5-9-19-16)12-15-8-7-14(2)17(18)11-15/h7-8,11,16,19H,3-6,9-10,12-13H2,1-2H3. The van der Waals surface area contributed by atoms with E-state index in [1.165, 1.54) is 60.9 Å². The molecular formula is C17H27BrN2. The Kier molecular flexibility index (Phi) is 6.53. The summed E-state index contributed by atoms with van der Waals surface area (Å²) in [7, 11) is 0. The highest BCUT2D eigenvalue weighted by Crippen LogP contribution is 2.19. The van der Waals surface area contributed by atoms with Crippen LogP contribution in [0.5, 0.6) is 0 Å². The lowest BCUT2D eigenvalue weighted by atomic mass is 10.1. The molecule has 0 aromatic heterocycles. The molecule has 3 heteroatoms. The summed E-state index contributed by atoms with van der Waals surface area (Å²) >= 11 is 3.65. The Bertz CT molecular complexity index is 413. The maximum absolute atomic E-state index is 3.65. The van der Waals surface area contributed by atoms with E-state index in [0.717, 1.165) is 6.54 Å². The van der Waals surface area contributed by atoms with E-state index in [4.69, 9.17) is 0 Å². The van der Waals surface area contributed by atoms with Crippen LogP contribution in [0.1, 0.15) is 43.7 Å². The lowest BCUT2D eigenvalue weighted by Gasteiger charge is -2.26. The molecule has 1 aromatic carbocycles. The Morgan fingerprint density at radius 3 is 2.90 bits per heavy atom. The number of hydrogen-bond donors (Lipinski definition) is 1. The number of aryl methyl sites for hydroxylation is 1. The number of halogens is 1. The third-order valence-corrected chi connectivity index (χ3v) is 4.97. The third kappa shape index (κ3) is 4.87. The minimum absolute atomic E-state index is 0.695. The first kappa shape index (κ1) is 16.0. The number of hydrogen-bond acceptors (Lipinski definition) is 2. The van der Waals surface area contributed by atoms with Gasteiger partial charge in [-0.25, -0.2) is 0 Å². The summed E-state index contributed by atoms with van der Waals surface area (Å²) in [5.74, 6) is 0. The van der Waals surface area contributed by atoms with Crippen LogP contribution in [0.2, 0.25) is 0 Å². The van der Waals surface area contributed by atoms with Crippen LogP contribution in [0.4, 0.5) is 0 Å². The van der Waals surface area contributed by atoms with Gasteiger partial charge in [-0.3, -0.25) is 4.90 Å². The SMILES string of the molecule is CCCCN(Cc1ccc(C)c(Br)c1)CC1CCCN1. The second kappa shape index (κ2) is 8.16. The van der Waals surface area contributed by atoms with Gasteiger partial charge < -0.3 is 5.32 Å². The van der Waals surface area contributed by atoms with Gasteiger partial charge in [0, 0.05) is 23.6 Å². The first-order valence-corrected chi connectivity index (χ1v) is 8.69. The Balaban J connectivity index is 1.95. The quantitative estimate of drug-likeness (QED) is 0.804. The van der Waals surface area contributed by atoms with Crippen molar-refractivity contribution < 1.29 is 0 Å². The highest BCUT2D eigenvalue weighted by atomic mass is 79.9. The Labute approximate surface area is 132 Å². The van der Waals surface area contributed by atoms with Gasteiger partial charge in [-0.2, -0.15) is 0 Å². The molecule has 1 aromatic rings. The number of nitrogens with one attached hydrogen (secondary N) is 1. The number of unbranched alkanes of at least 4 members (excludes halogenated alkanes) is 1. The fourth-order valence-electron chi connectivity index (χ4n) is 2.83. The molecule has 1 unspecified atom stereocenters. The summed E-state index contributed by atoms with van der Waals surface area (Å²) in [6.45, 7) is 9.07. The summed E-state index contributed by atoms with van der Waals surface area (Å²) in [6.07, 6.45) is 5.23. The predicted molar refractivity (Wildman–Crippen MR) is 90.1 cm³/mol. The summed E-state index contributed by atoms with van der Waals surface area (Å²) in [5.41, 5.74) is 2.72. The van der Waals surface area contributed by atoms with Crippen molar-refractivity contribution in [1.29, 1.82) is 0 Å². The molecule has 0 radical (unpaired) electrons. The molecule has 1 atom stereocenters. The highest BCUT2D eigenvalue weighted by Gasteiger charge is 2.17. The van der Waals surface area contributed by atoms with Crippen molar-refractivity contribution in [1.82, 2.24) is 10.2 Å². The average molecular weight is 339 g/mol. The molecule has 1 aliphatic heterocycles. The summed E-state index contributed by atoms with van der Waals surface area (Å²) in [4.78, 5) is 2.61. The van der Waals surface area contributed by atoms with Crippen molar-refractivity contribution in [2.45, 2.75) is 52.1 Å². The largest absolute Gasteiger partial charge is 0.313 e. The van der Waals surface area contributed by atoms with Crippen LogP contribution in [0, 0.1) is 6.92 Å². The minimum Gasteiger partial charge on any atom is -0.313 e. The van der Waals surface area contributed by atoms with E-state index < -0.39 is 0 Å². The molecule has 2 rings (SSSR count). The zero-order chi connectivity index (χ0) is 14.4. The van der Waals surface area contributed by atoms with Crippen LogP contribution in [0.3, 0.4) is 0 Å². The van der Waals surface area contributed by atoms with Gasteiger partial charge in [0.2, 0.25) is 0 Å². The first-order valence-electron chi connectivity index (χ1n) is 7.90. The predicted octanol–water partition coefficient (Wildman–Crippen LogP) is 4.11. The van der Waals surface area contributed by atoms with E-state index in [2.05, 4.69) is 58.2 Å². The molecule has 0 saturated carbocycles. The molecule has 1 fully saturated rings. The monoisotopic (exact) mass is 338 g/mol. The fraction of sp³-hybridized carbons (Fsp3) is 0.647. The lowest BCUT2D eigenvalue weighted by molar-refractivity contribution is 0.237. The molecule has 112 valence electrons. The Morgan fingerprint density at radius 1 is 1.40 bits per heavy atom. The lowest BCUT2D eigenvalue weighted by Crippen LogP contribution is -2.37. The van der Waals surface area contributed by atoms with E-state index in [9.17, 15) is 0 Å².